The summed E-state index contributed by atoms with van der Waals surface area (Å²) in [5.74, 6) is 1.10. The highest BCUT2D eigenvalue weighted by Crippen LogP contribution is 2.29. The minimum atomic E-state index is 0.506. The minimum absolute atomic E-state index is 0.506. The Morgan fingerprint density at radius 2 is 2.20 bits per heavy atom. The van der Waals surface area contributed by atoms with Crippen LogP contribution in [0.4, 0.5) is 5.82 Å². The molecule has 4 heterocycles. The highest BCUT2D eigenvalue weighted by Gasteiger charge is 2.29. The number of aliphatic imine (C=N–C) groups is 1. The second kappa shape index (κ2) is 6.06. The van der Waals surface area contributed by atoms with Gasteiger partial charge in [-0.25, -0.2) is 4.98 Å². The van der Waals surface area contributed by atoms with Gasteiger partial charge in [0.15, 0.2) is 5.82 Å². The van der Waals surface area contributed by atoms with Gasteiger partial charge in [-0.15, -0.1) is 0 Å². The van der Waals surface area contributed by atoms with Crippen molar-refractivity contribution in [1.82, 2.24) is 14.3 Å². The van der Waals surface area contributed by atoms with Crippen LogP contribution in [0.1, 0.15) is 25.7 Å². The lowest BCUT2D eigenvalue weighted by molar-refractivity contribution is 0.299. The van der Waals surface area contributed by atoms with Gasteiger partial charge in [-0.05, 0) is 43.4 Å². The Labute approximate surface area is 148 Å². The van der Waals surface area contributed by atoms with E-state index in [0.29, 0.717) is 6.04 Å². The fourth-order valence-corrected chi connectivity index (χ4v) is 4.21. The maximum Gasteiger partial charge on any atom is 0.152 e. The van der Waals surface area contributed by atoms with Crippen molar-refractivity contribution in [2.45, 2.75) is 31.7 Å². The molecule has 2 aromatic heterocycles. The van der Waals surface area contributed by atoms with Crippen molar-refractivity contribution in [2.75, 3.05) is 24.7 Å². The lowest BCUT2D eigenvalue weighted by atomic mass is 10.1. The molecule has 0 bridgehead atoms. The number of allylic oxidation sites excluding steroid dienone is 3. The summed E-state index contributed by atoms with van der Waals surface area (Å²) in [5.41, 5.74) is 3.98. The van der Waals surface area contributed by atoms with Crippen LogP contribution >= 0.6 is 0 Å². The smallest absolute Gasteiger partial charge is 0.152 e. The first-order chi connectivity index (χ1) is 12.4. The Morgan fingerprint density at radius 3 is 3.12 bits per heavy atom. The van der Waals surface area contributed by atoms with Crippen molar-refractivity contribution < 1.29 is 0 Å². The third-order valence-electron chi connectivity index (χ3n) is 5.56. The van der Waals surface area contributed by atoms with Gasteiger partial charge in [0.1, 0.15) is 6.67 Å². The molecule has 5 rings (SSSR count). The molecule has 2 aliphatic heterocycles. The van der Waals surface area contributed by atoms with Crippen molar-refractivity contribution in [2.24, 2.45) is 4.99 Å². The lowest BCUT2D eigenvalue weighted by Gasteiger charge is -2.29. The Balaban J connectivity index is 1.35. The van der Waals surface area contributed by atoms with E-state index in [2.05, 4.69) is 61.0 Å². The summed E-state index contributed by atoms with van der Waals surface area (Å²) in [5, 5.41) is 0. The molecule has 2 aromatic rings. The van der Waals surface area contributed by atoms with Gasteiger partial charge in [0.05, 0.1) is 5.52 Å². The molecule has 25 heavy (non-hydrogen) atoms. The van der Waals surface area contributed by atoms with Gasteiger partial charge in [0.2, 0.25) is 0 Å². The van der Waals surface area contributed by atoms with Crippen LogP contribution in [0, 0.1) is 0 Å². The molecule has 5 nitrogen and oxygen atoms in total. The van der Waals surface area contributed by atoms with Gasteiger partial charge in [0, 0.05) is 55.7 Å². The molecule has 0 amide bonds. The third-order valence-corrected chi connectivity index (χ3v) is 5.56. The van der Waals surface area contributed by atoms with Crippen LogP contribution in [0.2, 0.25) is 0 Å². The zero-order valence-corrected chi connectivity index (χ0v) is 14.4. The molecule has 5 heteroatoms. The Hall–Kier alpha value is -2.56. The summed E-state index contributed by atoms with van der Waals surface area (Å²) < 4.78 is 2.14. The predicted molar refractivity (Wildman–Crippen MR) is 101 cm³/mol. The average Bonchev–Trinajstić information content (AvgIpc) is 3.42. The van der Waals surface area contributed by atoms with Gasteiger partial charge in [-0.3, -0.25) is 4.99 Å². The molecule has 1 saturated heterocycles. The van der Waals surface area contributed by atoms with Gasteiger partial charge in [-0.1, -0.05) is 6.08 Å². The Bertz CT molecular complexity index is 875. The number of hydrogen-bond acceptors (Lipinski definition) is 4. The van der Waals surface area contributed by atoms with Gasteiger partial charge < -0.3 is 14.2 Å². The number of hydrogen-bond donors (Lipinski definition) is 0. The summed E-state index contributed by atoms with van der Waals surface area (Å²) in [6.45, 7) is 2.84. The fourth-order valence-electron chi connectivity index (χ4n) is 4.21. The van der Waals surface area contributed by atoms with Crippen LogP contribution in [0.3, 0.4) is 0 Å². The zero-order valence-electron chi connectivity index (χ0n) is 14.4. The summed E-state index contributed by atoms with van der Waals surface area (Å²) in [6, 6.07) is 4.73. The quantitative estimate of drug-likeness (QED) is 0.865. The molecule has 128 valence electrons. The fraction of sp³-hybridized carbons (Fsp3) is 0.400. The van der Waals surface area contributed by atoms with Crippen LogP contribution < -0.4 is 4.90 Å². The maximum absolute atomic E-state index is 4.65. The van der Waals surface area contributed by atoms with Gasteiger partial charge >= 0.3 is 0 Å². The van der Waals surface area contributed by atoms with Crippen molar-refractivity contribution in [3.05, 3.63) is 54.1 Å². The first-order valence-electron chi connectivity index (χ1n) is 9.22. The van der Waals surface area contributed by atoms with E-state index < -0.39 is 0 Å². The summed E-state index contributed by atoms with van der Waals surface area (Å²) in [7, 11) is 0. The molecule has 0 saturated carbocycles. The van der Waals surface area contributed by atoms with Crippen molar-refractivity contribution in [3.63, 3.8) is 0 Å². The average molecular weight is 333 g/mol. The summed E-state index contributed by atoms with van der Waals surface area (Å²) in [6.07, 6.45) is 17.6. The van der Waals surface area contributed by atoms with E-state index in [1.54, 1.807) is 0 Å². The molecular formula is C20H23N5. The number of nitrogens with zero attached hydrogens (tertiary/aromatic N) is 5. The second-order valence-electron chi connectivity index (χ2n) is 7.11. The predicted octanol–water partition coefficient (Wildman–Crippen LogP) is 3.25. The van der Waals surface area contributed by atoms with Crippen LogP contribution in [0.25, 0.3) is 5.52 Å². The molecule has 1 atom stereocenters. The summed E-state index contributed by atoms with van der Waals surface area (Å²) in [4.78, 5) is 14.1. The van der Waals surface area contributed by atoms with E-state index in [-0.39, 0.29) is 0 Å². The minimum Gasteiger partial charge on any atom is -0.353 e. The summed E-state index contributed by atoms with van der Waals surface area (Å²) >= 11 is 0. The molecule has 0 spiro atoms. The number of fused-ring (bicyclic) bond motifs is 1. The molecule has 0 unspecified atom stereocenters. The molecule has 0 aromatic carbocycles. The third kappa shape index (κ3) is 2.64. The van der Waals surface area contributed by atoms with Crippen LogP contribution in [0.5, 0.6) is 0 Å². The molecule has 0 radical (unpaired) electrons. The first-order valence-corrected chi connectivity index (χ1v) is 9.22. The van der Waals surface area contributed by atoms with E-state index in [0.717, 1.165) is 32.0 Å². The normalized spacial score (nSPS) is 23.4. The first kappa shape index (κ1) is 14.8. The molecule has 3 aliphatic rings. The molecule has 1 aliphatic carbocycles. The SMILES string of the molecule is C1=NCN([C@H]2CCN(c3nccn4cccc34)C2)C=C1C1=CCCC1. The Morgan fingerprint density at radius 1 is 1.20 bits per heavy atom. The topological polar surface area (TPSA) is 36.1 Å². The second-order valence-corrected chi connectivity index (χ2v) is 7.11. The van der Waals surface area contributed by atoms with Crippen LogP contribution in [0.15, 0.2) is 59.1 Å². The Kier molecular flexibility index (Phi) is 3.58. The lowest BCUT2D eigenvalue weighted by Crippen LogP contribution is -2.36. The number of anilines is 1. The molecule has 0 N–H and O–H groups in total. The molecular weight excluding hydrogens is 310 g/mol. The standard InChI is InChI=1S/C20H23N5/c1-2-5-16(4-1)17-12-21-15-25(13-17)18-7-10-24(14-18)20-19-6-3-9-23(19)11-8-22-20/h3-4,6,8-9,11-13,18H,1-2,5,7,10,14-15H2/t18-/m0/s1. The van der Waals surface area contributed by atoms with Gasteiger partial charge in [0.25, 0.3) is 0 Å². The van der Waals surface area contributed by atoms with Crippen LogP contribution in [-0.4, -0.2) is 46.3 Å². The van der Waals surface area contributed by atoms with Crippen molar-refractivity contribution in [1.29, 1.82) is 0 Å². The van der Waals surface area contributed by atoms with E-state index in [4.69, 9.17) is 0 Å². The number of rotatable bonds is 3. The number of aromatic nitrogens is 2. The van der Waals surface area contributed by atoms with Crippen molar-refractivity contribution in [3.8, 4) is 0 Å². The zero-order chi connectivity index (χ0) is 16.6. The van der Waals surface area contributed by atoms with Crippen LogP contribution in [-0.2, 0) is 0 Å². The molecule has 1 fully saturated rings. The van der Waals surface area contributed by atoms with E-state index in [9.17, 15) is 0 Å². The maximum atomic E-state index is 4.65. The van der Waals surface area contributed by atoms with E-state index in [1.807, 2.05) is 12.4 Å². The van der Waals surface area contributed by atoms with Gasteiger partial charge in [-0.2, -0.15) is 0 Å². The van der Waals surface area contributed by atoms with Crippen molar-refractivity contribution >= 4 is 17.5 Å². The largest absolute Gasteiger partial charge is 0.353 e. The highest BCUT2D eigenvalue weighted by atomic mass is 15.3. The highest BCUT2D eigenvalue weighted by molar-refractivity contribution is 5.85. The monoisotopic (exact) mass is 333 g/mol. The van der Waals surface area contributed by atoms with E-state index in [1.165, 1.54) is 35.9 Å². The van der Waals surface area contributed by atoms with E-state index >= 15 is 0 Å².